The maximum absolute atomic E-state index is 11.4. The molecule has 0 aromatic rings. The number of carbonyl (C=O) groups excluding carboxylic acids is 3. The van der Waals surface area contributed by atoms with Crippen LogP contribution in [0.1, 0.15) is 6.92 Å². The molecule has 0 aromatic heterocycles. The number of carboxylic acids is 2. The first-order chi connectivity index (χ1) is 11.1. The molecule has 0 aromatic carbocycles. The second kappa shape index (κ2) is 14.3. The minimum absolute atomic E-state index is 0. The second-order valence-corrected chi connectivity index (χ2v) is 5.20. The maximum Gasteiger partial charge on any atom is 3.00 e. The number of rotatable bonds is 12. The number of carboxylic acid groups (broad SMARTS) is 2. The van der Waals surface area contributed by atoms with Crippen molar-refractivity contribution in [2.45, 2.75) is 6.92 Å². The first kappa shape index (κ1) is 26.3. The van der Waals surface area contributed by atoms with Gasteiger partial charge in [-0.1, -0.05) is 0 Å². The van der Waals surface area contributed by atoms with E-state index in [0.29, 0.717) is 0 Å². The fourth-order valence-electron chi connectivity index (χ4n) is 1.82. The van der Waals surface area contributed by atoms with Crippen LogP contribution in [0, 0.1) is 45.3 Å². The summed E-state index contributed by atoms with van der Waals surface area (Å²) in [7, 11) is 3.04. The van der Waals surface area contributed by atoms with Crippen LogP contribution >= 0.6 is 0 Å². The van der Waals surface area contributed by atoms with Gasteiger partial charge >= 0.3 is 39.9 Å². The smallest absolute Gasteiger partial charge is 0.549 e. The van der Waals surface area contributed by atoms with E-state index in [0.717, 1.165) is 0 Å². The van der Waals surface area contributed by atoms with E-state index >= 15 is 0 Å². The molecular weight excluding hydrogens is 479 g/mol. The van der Waals surface area contributed by atoms with Crippen molar-refractivity contribution < 1.29 is 69.3 Å². The Morgan fingerprint density at radius 3 is 2.00 bits per heavy atom. The monoisotopic (exact) mass is 503 g/mol. The summed E-state index contributed by atoms with van der Waals surface area (Å²) >= 11 is 0. The Kier molecular flexibility index (Phi) is 15.0. The molecule has 0 spiro atoms. The molecule has 2 N–H and O–H groups in total. The number of carbonyl (C=O) groups is 3. The van der Waals surface area contributed by atoms with Gasteiger partial charge in [-0.3, -0.25) is 24.9 Å². The summed E-state index contributed by atoms with van der Waals surface area (Å²) in [5.74, 6) is -3.14. The summed E-state index contributed by atoms with van der Waals surface area (Å²) in [4.78, 5) is 37.3. The van der Waals surface area contributed by atoms with Gasteiger partial charge in [-0.2, -0.15) is 0 Å². The molecule has 0 rings (SSSR count). The van der Waals surface area contributed by atoms with Gasteiger partial charge in [0.05, 0.1) is 31.8 Å². The van der Waals surface area contributed by atoms with E-state index in [1.165, 1.54) is 23.8 Å². The summed E-state index contributed by atoms with van der Waals surface area (Å²) in [5.41, 5.74) is 0. The average molecular weight is 503 g/mol. The third-order valence-corrected chi connectivity index (χ3v) is 2.69. The quantitative estimate of drug-likeness (QED) is 0.153. The maximum atomic E-state index is 11.4. The molecule has 0 unspecified atom stereocenters. The van der Waals surface area contributed by atoms with Crippen LogP contribution < -0.4 is 15.5 Å². The Morgan fingerprint density at radius 2 is 1.56 bits per heavy atom. The Hall–Kier alpha value is -0.915. The third kappa shape index (κ3) is 15.1. The molecule has 0 aliphatic carbocycles. The first-order valence-electron chi connectivity index (χ1n) is 7.05. The number of hydrogen-bond donors (Lipinski definition) is 2. The zero-order chi connectivity index (χ0) is 18.7. The summed E-state index contributed by atoms with van der Waals surface area (Å²) in [6, 6.07) is 0. The molecule has 0 saturated heterocycles. The van der Waals surface area contributed by atoms with Crippen molar-refractivity contribution in [3.8, 4) is 0 Å². The van der Waals surface area contributed by atoms with Gasteiger partial charge in [0, 0.05) is 27.1 Å². The zero-order valence-electron chi connectivity index (χ0n) is 14.4. The summed E-state index contributed by atoms with van der Waals surface area (Å²) in [5, 5.41) is 31.2. The molecule has 25 heavy (non-hydrogen) atoms. The van der Waals surface area contributed by atoms with Crippen molar-refractivity contribution in [1.29, 1.82) is 5.41 Å². The van der Waals surface area contributed by atoms with Crippen LogP contribution in [0.5, 0.6) is 0 Å². The molecule has 0 aliphatic heterocycles. The van der Waals surface area contributed by atoms with E-state index in [-0.39, 0.29) is 72.5 Å². The van der Waals surface area contributed by atoms with Crippen LogP contribution in [0.25, 0.3) is 0 Å². The van der Waals surface area contributed by atoms with E-state index in [4.69, 9.17) is 10.1 Å². The molecular formula is C13H23GdN5O6+. The van der Waals surface area contributed by atoms with Gasteiger partial charge in [-0.05, 0) is 7.05 Å². The summed E-state index contributed by atoms with van der Waals surface area (Å²) < 4.78 is 5.00. The molecule has 11 nitrogen and oxygen atoms in total. The van der Waals surface area contributed by atoms with Crippen LogP contribution in [-0.4, -0.2) is 92.2 Å². The topological polar surface area (TPSA) is 152 Å². The van der Waals surface area contributed by atoms with Gasteiger partial charge < -0.3 is 29.9 Å². The number of nitrogens with zero attached hydrogens (tertiary/aromatic N) is 3. The minimum Gasteiger partial charge on any atom is -0.549 e. The van der Waals surface area contributed by atoms with E-state index < -0.39 is 30.9 Å². The predicted molar refractivity (Wildman–Crippen MR) is 79.2 cm³/mol. The number of ether oxygens (including phenoxy) is 1. The standard InChI is InChI=1S/C13H25N5O6.Gd/c1-10(14)24-9-16(3)7-18(6-13(22)23)8-17(5-12(20)21)4-11(19)15-2;/h14H,4-9H2,1-3H3,(H,15,19)(H,20,21)(H,22,23);/q;+3/p-2. The molecule has 0 heterocycles. The summed E-state index contributed by atoms with van der Waals surface area (Å²) in [6.45, 7) is 0.268. The van der Waals surface area contributed by atoms with E-state index in [2.05, 4.69) is 5.32 Å². The van der Waals surface area contributed by atoms with E-state index in [9.17, 15) is 24.6 Å². The van der Waals surface area contributed by atoms with Crippen LogP contribution in [-0.2, 0) is 19.1 Å². The van der Waals surface area contributed by atoms with Crippen molar-refractivity contribution in [2.24, 2.45) is 0 Å². The Morgan fingerprint density at radius 1 is 1.04 bits per heavy atom. The Bertz CT molecular complexity index is 464. The molecule has 1 amide bonds. The van der Waals surface area contributed by atoms with Crippen LogP contribution in [0.3, 0.4) is 0 Å². The van der Waals surface area contributed by atoms with E-state index in [1.807, 2.05) is 0 Å². The molecule has 0 bridgehead atoms. The first-order valence-corrected chi connectivity index (χ1v) is 7.05. The van der Waals surface area contributed by atoms with Crippen LogP contribution in [0.4, 0.5) is 0 Å². The van der Waals surface area contributed by atoms with Crippen LogP contribution in [0.15, 0.2) is 0 Å². The Balaban J connectivity index is 0. The zero-order valence-corrected chi connectivity index (χ0v) is 16.7. The summed E-state index contributed by atoms with van der Waals surface area (Å²) in [6.07, 6.45) is 0. The number of likely N-dealkylation sites (N-methyl/N-ethyl adjacent to an activating group) is 1. The molecule has 143 valence electrons. The average Bonchev–Trinajstić information content (AvgIpc) is 2.43. The number of amides is 1. The number of aliphatic carboxylic acids is 2. The molecule has 1 radical (unpaired) electrons. The molecule has 0 atom stereocenters. The van der Waals surface area contributed by atoms with Crippen molar-refractivity contribution in [1.82, 2.24) is 20.0 Å². The largest absolute Gasteiger partial charge is 3.00 e. The number of nitrogens with one attached hydrogen (secondary N) is 2. The van der Waals surface area contributed by atoms with Gasteiger partial charge in [0.15, 0.2) is 5.90 Å². The van der Waals surface area contributed by atoms with Gasteiger partial charge in [-0.15, -0.1) is 0 Å². The van der Waals surface area contributed by atoms with Gasteiger partial charge in [0.1, 0.15) is 6.73 Å². The van der Waals surface area contributed by atoms with E-state index in [1.54, 1.807) is 11.9 Å². The fourth-order valence-corrected chi connectivity index (χ4v) is 1.82. The van der Waals surface area contributed by atoms with Crippen molar-refractivity contribution in [3.63, 3.8) is 0 Å². The third-order valence-electron chi connectivity index (χ3n) is 2.69. The Labute approximate surface area is 178 Å². The molecule has 0 saturated carbocycles. The normalized spacial score (nSPS) is 10.5. The predicted octanol–water partition coefficient (Wildman–Crippen LogP) is -4.35. The SMILES string of the molecule is CNC(=O)CN(CC(=O)[O-])CN(CC(=O)[O-])CN(C)COC(C)=N.[Gd+3]. The van der Waals surface area contributed by atoms with Crippen LogP contribution in [0.2, 0.25) is 0 Å². The second-order valence-electron chi connectivity index (χ2n) is 5.20. The van der Waals surface area contributed by atoms with Crippen molar-refractivity contribution in [3.05, 3.63) is 0 Å². The number of hydrogen-bond acceptors (Lipinski definition) is 10. The van der Waals surface area contributed by atoms with Gasteiger partial charge in [0.25, 0.3) is 0 Å². The van der Waals surface area contributed by atoms with Crippen molar-refractivity contribution >= 4 is 23.7 Å². The molecule has 0 aliphatic rings. The van der Waals surface area contributed by atoms with Gasteiger partial charge in [-0.25, -0.2) is 0 Å². The fraction of sp³-hybridized carbons (Fsp3) is 0.692. The molecule has 0 fully saturated rings. The van der Waals surface area contributed by atoms with Gasteiger partial charge in [0.2, 0.25) is 5.91 Å². The molecule has 12 heteroatoms. The van der Waals surface area contributed by atoms with Crippen molar-refractivity contribution in [2.75, 3.05) is 53.8 Å². The minimum atomic E-state index is -1.39.